The van der Waals surface area contributed by atoms with Crippen LogP contribution in [0.25, 0.3) is 0 Å². The van der Waals surface area contributed by atoms with Crippen LogP contribution in [-0.2, 0) is 6.54 Å². The lowest BCUT2D eigenvalue weighted by Gasteiger charge is -2.26. The molecule has 3 heteroatoms. The molecule has 16 heavy (non-hydrogen) atoms. The van der Waals surface area contributed by atoms with Gasteiger partial charge in [-0.05, 0) is 37.6 Å². The molecule has 2 rings (SSSR count). The smallest absolute Gasteiger partial charge is 0.103 e. The molecule has 1 fully saturated rings. The highest BCUT2D eigenvalue weighted by atomic mass is 32.1. The summed E-state index contributed by atoms with van der Waals surface area (Å²) in [6, 6.07) is 8.27. The van der Waals surface area contributed by atoms with Crippen molar-refractivity contribution in [1.82, 2.24) is 4.90 Å². The molecule has 0 spiro atoms. The van der Waals surface area contributed by atoms with Gasteiger partial charge in [0.25, 0.3) is 0 Å². The topological polar surface area (TPSA) is 29.3 Å². The van der Waals surface area contributed by atoms with Crippen molar-refractivity contribution >= 4 is 17.2 Å². The van der Waals surface area contributed by atoms with E-state index in [1.165, 1.54) is 37.9 Å². The average molecular weight is 234 g/mol. The number of hydrogen-bond donors (Lipinski definition) is 1. The molecule has 0 amide bonds. The first-order chi connectivity index (χ1) is 7.75. The molecule has 1 aromatic rings. The monoisotopic (exact) mass is 234 g/mol. The third-order valence-corrected chi connectivity index (χ3v) is 3.30. The molecule has 0 unspecified atom stereocenters. The number of nitrogens with zero attached hydrogens (tertiary/aromatic N) is 1. The van der Waals surface area contributed by atoms with E-state index in [-0.39, 0.29) is 0 Å². The molecular weight excluding hydrogens is 216 g/mol. The number of hydrogen-bond acceptors (Lipinski definition) is 2. The van der Waals surface area contributed by atoms with Crippen LogP contribution in [0.5, 0.6) is 0 Å². The van der Waals surface area contributed by atoms with Gasteiger partial charge in [0.15, 0.2) is 0 Å². The number of nitrogens with two attached hydrogens (primary N) is 1. The van der Waals surface area contributed by atoms with E-state index < -0.39 is 0 Å². The summed E-state index contributed by atoms with van der Waals surface area (Å²) in [5, 5.41) is 0. The van der Waals surface area contributed by atoms with E-state index in [1.807, 2.05) is 12.1 Å². The summed E-state index contributed by atoms with van der Waals surface area (Å²) < 4.78 is 0. The first kappa shape index (κ1) is 11.6. The molecule has 1 aliphatic heterocycles. The Morgan fingerprint density at radius 2 is 2.00 bits per heavy atom. The van der Waals surface area contributed by atoms with Crippen LogP contribution in [0.1, 0.15) is 30.4 Å². The molecule has 0 radical (unpaired) electrons. The second kappa shape index (κ2) is 5.41. The number of likely N-dealkylation sites (tertiary alicyclic amines) is 1. The quantitative estimate of drug-likeness (QED) is 0.814. The maximum absolute atomic E-state index is 5.63. The first-order valence-electron chi connectivity index (χ1n) is 5.87. The Balaban J connectivity index is 2.02. The minimum Gasteiger partial charge on any atom is -0.389 e. The van der Waals surface area contributed by atoms with Gasteiger partial charge < -0.3 is 5.73 Å². The van der Waals surface area contributed by atoms with Crippen LogP contribution in [0.2, 0.25) is 0 Å². The van der Waals surface area contributed by atoms with E-state index in [2.05, 4.69) is 17.0 Å². The van der Waals surface area contributed by atoms with E-state index in [1.54, 1.807) is 0 Å². The normalized spacial score (nSPS) is 17.2. The lowest BCUT2D eigenvalue weighted by Crippen LogP contribution is -2.29. The Labute approximate surface area is 102 Å². The summed E-state index contributed by atoms with van der Waals surface area (Å²) in [6.45, 7) is 3.46. The van der Waals surface area contributed by atoms with Gasteiger partial charge in [0, 0.05) is 12.1 Å². The molecule has 1 aromatic carbocycles. The Bertz CT molecular complexity index is 370. The Hall–Kier alpha value is -0.930. The molecule has 1 aliphatic rings. The van der Waals surface area contributed by atoms with Crippen molar-refractivity contribution in [3.8, 4) is 0 Å². The molecule has 86 valence electrons. The Morgan fingerprint density at radius 1 is 1.25 bits per heavy atom. The minimum absolute atomic E-state index is 0.487. The zero-order valence-electron chi connectivity index (χ0n) is 9.48. The lowest BCUT2D eigenvalue weighted by atomic mass is 10.1. The fourth-order valence-electron chi connectivity index (χ4n) is 2.20. The van der Waals surface area contributed by atoms with Crippen LogP contribution >= 0.6 is 12.2 Å². The van der Waals surface area contributed by atoms with E-state index in [0.29, 0.717) is 4.99 Å². The maximum Gasteiger partial charge on any atom is 0.103 e. The summed E-state index contributed by atoms with van der Waals surface area (Å²) in [7, 11) is 0. The van der Waals surface area contributed by atoms with Gasteiger partial charge in [-0.2, -0.15) is 0 Å². The lowest BCUT2D eigenvalue weighted by molar-refractivity contribution is 0.221. The molecule has 0 atom stereocenters. The van der Waals surface area contributed by atoms with Crippen LogP contribution in [0, 0.1) is 0 Å². The number of thiocarbonyl (C=S) groups is 1. The highest BCUT2D eigenvalue weighted by Gasteiger charge is 2.10. The molecule has 0 saturated carbocycles. The van der Waals surface area contributed by atoms with Crippen molar-refractivity contribution in [3.05, 3.63) is 35.4 Å². The van der Waals surface area contributed by atoms with Crippen LogP contribution < -0.4 is 5.73 Å². The SMILES string of the molecule is NC(=S)c1cccc(CN2CCCCC2)c1. The molecule has 0 bridgehead atoms. The average Bonchev–Trinajstić information content (AvgIpc) is 2.30. The molecule has 1 saturated heterocycles. The molecule has 1 heterocycles. The van der Waals surface area contributed by atoms with Gasteiger partial charge in [-0.25, -0.2) is 0 Å². The van der Waals surface area contributed by atoms with Crippen LogP contribution in [-0.4, -0.2) is 23.0 Å². The number of rotatable bonds is 3. The minimum atomic E-state index is 0.487. The summed E-state index contributed by atoms with van der Waals surface area (Å²) in [4.78, 5) is 2.99. The fourth-order valence-corrected chi connectivity index (χ4v) is 2.33. The summed E-state index contributed by atoms with van der Waals surface area (Å²) in [5.41, 5.74) is 7.92. The van der Waals surface area contributed by atoms with Crippen molar-refractivity contribution in [2.75, 3.05) is 13.1 Å². The van der Waals surface area contributed by atoms with Crippen LogP contribution in [0.15, 0.2) is 24.3 Å². The summed E-state index contributed by atoms with van der Waals surface area (Å²) >= 11 is 4.99. The Kier molecular flexibility index (Phi) is 3.91. The van der Waals surface area contributed by atoms with Crippen molar-refractivity contribution < 1.29 is 0 Å². The first-order valence-corrected chi connectivity index (χ1v) is 6.27. The third-order valence-electron chi connectivity index (χ3n) is 3.07. The van der Waals surface area contributed by atoms with E-state index in [0.717, 1.165) is 12.1 Å². The van der Waals surface area contributed by atoms with Gasteiger partial charge in [-0.3, -0.25) is 4.90 Å². The largest absolute Gasteiger partial charge is 0.389 e. The van der Waals surface area contributed by atoms with Gasteiger partial charge in [-0.1, -0.05) is 36.8 Å². The molecule has 2 nitrogen and oxygen atoms in total. The summed E-state index contributed by atoms with van der Waals surface area (Å²) in [6.07, 6.45) is 4.04. The zero-order valence-corrected chi connectivity index (χ0v) is 10.3. The van der Waals surface area contributed by atoms with Gasteiger partial charge in [0.2, 0.25) is 0 Å². The Morgan fingerprint density at radius 3 is 2.69 bits per heavy atom. The van der Waals surface area contributed by atoms with Crippen LogP contribution in [0.4, 0.5) is 0 Å². The van der Waals surface area contributed by atoms with E-state index in [9.17, 15) is 0 Å². The number of piperidine rings is 1. The van der Waals surface area contributed by atoms with Gasteiger partial charge in [0.1, 0.15) is 4.99 Å². The standard InChI is InChI=1S/C13H18N2S/c14-13(16)12-6-4-5-11(9-12)10-15-7-2-1-3-8-15/h4-6,9H,1-3,7-8,10H2,(H2,14,16). The maximum atomic E-state index is 5.63. The van der Waals surface area contributed by atoms with Gasteiger partial charge in [-0.15, -0.1) is 0 Å². The van der Waals surface area contributed by atoms with E-state index in [4.69, 9.17) is 18.0 Å². The zero-order chi connectivity index (χ0) is 11.4. The molecular formula is C13H18N2S. The third kappa shape index (κ3) is 3.03. The van der Waals surface area contributed by atoms with Crippen molar-refractivity contribution in [2.24, 2.45) is 5.73 Å². The predicted octanol–water partition coefficient (Wildman–Crippen LogP) is 2.31. The molecule has 0 aliphatic carbocycles. The second-order valence-electron chi connectivity index (χ2n) is 4.40. The second-order valence-corrected chi connectivity index (χ2v) is 4.84. The molecule has 0 aromatic heterocycles. The number of benzene rings is 1. The van der Waals surface area contributed by atoms with Gasteiger partial charge in [0.05, 0.1) is 0 Å². The van der Waals surface area contributed by atoms with E-state index >= 15 is 0 Å². The van der Waals surface area contributed by atoms with Crippen molar-refractivity contribution in [1.29, 1.82) is 0 Å². The van der Waals surface area contributed by atoms with Gasteiger partial charge >= 0.3 is 0 Å². The highest BCUT2D eigenvalue weighted by Crippen LogP contribution is 2.13. The highest BCUT2D eigenvalue weighted by molar-refractivity contribution is 7.80. The molecule has 2 N–H and O–H groups in total. The fraction of sp³-hybridized carbons (Fsp3) is 0.462. The predicted molar refractivity (Wildman–Crippen MR) is 71.5 cm³/mol. The summed E-state index contributed by atoms with van der Waals surface area (Å²) in [5.74, 6) is 0. The van der Waals surface area contributed by atoms with Crippen molar-refractivity contribution in [3.63, 3.8) is 0 Å². The van der Waals surface area contributed by atoms with Crippen LogP contribution in [0.3, 0.4) is 0 Å². The van der Waals surface area contributed by atoms with Crippen molar-refractivity contribution in [2.45, 2.75) is 25.8 Å².